The maximum atomic E-state index is 5.94. The van der Waals surface area contributed by atoms with Crippen LogP contribution < -0.4 is 14.8 Å². The van der Waals surface area contributed by atoms with E-state index in [1.807, 2.05) is 18.5 Å². The molecule has 1 N–H and O–H groups in total. The van der Waals surface area contributed by atoms with Gasteiger partial charge in [0.15, 0.2) is 11.5 Å². The first kappa shape index (κ1) is 19.4. The average molecular weight is 370 g/mol. The fraction of sp³-hybridized carbons (Fsp3) is 0.524. The number of nitrogens with zero attached hydrogens (tertiary/aromatic N) is 3. The van der Waals surface area contributed by atoms with Crippen molar-refractivity contribution in [1.29, 1.82) is 0 Å². The number of aromatic nitrogens is 2. The molecule has 1 fully saturated rings. The Labute approximate surface area is 161 Å². The van der Waals surface area contributed by atoms with E-state index in [0.717, 1.165) is 49.7 Å². The van der Waals surface area contributed by atoms with Crippen molar-refractivity contribution < 1.29 is 9.47 Å². The largest absolute Gasteiger partial charge is 0.493 e. The minimum absolute atomic E-state index is 0.480. The number of methoxy groups -OCH3 is 1. The van der Waals surface area contributed by atoms with E-state index in [4.69, 9.17) is 9.47 Å². The molecule has 0 unspecified atom stereocenters. The van der Waals surface area contributed by atoms with Gasteiger partial charge in [0.2, 0.25) is 0 Å². The Bertz CT molecular complexity index is 701. The molecule has 0 aliphatic carbocycles. The predicted octanol–water partition coefficient (Wildman–Crippen LogP) is 3.60. The summed E-state index contributed by atoms with van der Waals surface area (Å²) in [6.45, 7) is 8.06. The maximum Gasteiger partial charge on any atom is 0.161 e. The number of hydrogen-bond acceptors (Lipinski definition) is 6. The van der Waals surface area contributed by atoms with Gasteiger partial charge in [0.25, 0.3) is 0 Å². The van der Waals surface area contributed by atoms with E-state index in [0.29, 0.717) is 18.6 Å². The Morgan fingerprint density at radius 2 is 1.89 bits per heavy atom. The molecule has 0 radical (unpaired) electrons. The van der Waals surface area contributed by atoms with E-state index in [1.54, 1.807) is 13.4 Å². The summed E-state index contributed by atoms with van der Waals surface area (Å²) in [4.78, 5) is 10.6. The number of likely N-dealkylation sites (tertiary alicyclic amines) is 1. The van der Waals surface area contributed by atoms with Crippen LogP contribution in [-0.2, 0) is 6.54 Å². The summed E-state index contributed by atoms with van der Waals surface area (Å²) in [6, 6.07) is 6.74. The predicted molar refractivity (Wildman–Crippen MR) is 107 cm³/mol. The molecule has 1 aliphatic heterocycles. The standard InChI is InChI=1S/C21H30N4O2/c1-16(2)14-27-21-10-17(4-5-20(21)26-3)13-25-8-6-18(7-9-25)24-19-11-22-15-23-12-19/h4-5,10-12,15-16,18,24H,6-9,13-14H2,1-3H3. The molecule has 0 bridgehead atoms. The molecule has 1 aliphatic rings. The third-order valence-corrected chi connectivity index (χ3v) is 4.73. The fourth-order valence-electron chi connectivity index (χ4n) is 3.29. The second-order valence-electron chi connectivity index (χ2n) is 7.51. The van der Waals surface area contributed by atoms with Crippen molar-refractivity contribution in [3.05, 3.63) is 42.5 Å². The molecule has 1 aromatic carbocycles. The van der Waals surface area contributed by atoms with Gasteiger partial charge >= 0.3 is 0 Å². The van der Waals surface area contributed by atoms with E-state index in [9.17, 15) is 0 Å². The van der Waals surface area contributed by atoms with Gasteiger partial charge in [-0.25, -0.2) is 9.97 Å². The molecule has 0 spiro atoms. The third-order valence-electron chi connectivity index (χ3n) is 4.73. The van der Waals surface area contributed by atoms with Crippen LogP contribution in [0.15, 0.2) is 36.9 Å². The summed E-state index contributed by atoms with van der Waals surface area (Å²) < 4.78 is 11.4. The Balaban J connectivity index is 1.53. The van der Waals surface area contributed by atoms with Crippen molar-refractivity contribution in [2.24, 2.45) is 5.92 Å². The molecule has 6 nitrogen and oxygen atoms in total. The molecular weight excluding hydrogens is 340 g/mol. The SMILES string of the molecule is COc1ccc(CN2CCC(Nc3cncnc3)CC2)cc1OCC(C)C. The first-order valence-electron chi connectivity index (χ1n) is 9.67. The first-order valence-corrected chi connectivity index (χ1v) is 9.67. The molecular formula is C21H30N4O2. The molecule has 3 rings (SSSR count). The zero-order chi connectivity index (χ0) is 19.1. The van der Waals surface area contributed by atoms with Crippen LogP contribution in [0.2, 0.25) is 0 Å². The number of benzene rings is 1. The van der Waals surface area contributed by atoms with E-state index in [1.165, 1.54) is 5.56 Å². The second kappa shape index (κ2) is 9.55. The number of ether oxygens (including phenoxy) is 2. The first-order chi connectivity index (χ1) is 13.1. The van der Waals surface area contributed by atoms with Gasteiger partial charge in [0.1, 0.15) is 6.33 Å². The van der Waals surface area contributed by atoms with Crippen LogP contribution >= 0.6 is 0 Å². The van der Waals surface area contributed by atoms with Crippen LogP contribution in [0.1, 0.15) is 32.3 Å². The highest BCUT2D eigenvalue weighted by atomic mass is 16.5. The zero-order valence-corrected chi connectivity index (χ0v) is 16.5. The van der Waals surface area contributed by atoms with Crippen molar-refractivity contribution in [3.63, 3.8) is 0 Å². The Hall–Kier alpha value is -2.34. The van der Waals surface area contributed by atoms with Crippen LogP contribution in [0.3, 0.4) is 0 Å². The molecule has 2 aromatic rings. The zero-order valence-electron chi connectivity index (χ0n) is 16.5. The molecule has 27 heavy (non-hydrogen) atoms. The van der Waals surface area contributed by atoms with Crippen LogP contribution in [0.25, 0.3) is 0 Å². The molecule has 0 amide bonds. The normalized spacial score (nSPS) is 15.7. The summed E-state index contributed by atoms with van der Waals surface area (Å²) in [7, 11) is 1.69. The number of anilines is 1. The van der Waals surface area contributed by atoms with Gasteiger partial charge < -0.3 is 14.8 Å². The lowest BCUT2D eigenvalue weighted by Crippen LogP contribution is -2.38. The van der Waals surface area contributed by atoms with Crippen LogP contribution in [0.4, 0.5) is 5.69 Å². The molecule has 6 heteroatoms. The second-order valence-corrected chi connectivity index (χ2v) is 7.51. The summed E-state index contributed by atoms with van der Waals surface area (Å²) in [5.74, 6) is 2.12. The monoisotopic (exact) mass is 370 g/mol. The molecule has 1 aromatic heterocycles. The highest BCUT2D eigenvalue weighted by molar-refractivity contribution is 5.43. The quantitative estimate of drug-likeness (QED) is 0.766. The highest BCUT2D eigenvalue weighted by Gasteiger charge is 2.19. The number of hydrogen-bond donors (Lipinski definition) is 1. The van der Waals surface area contributed by atoms with Crippen molar-refractivity contribution in [2.45, 2.75) is 39.3 Å². The topological polar surface area (TPSA) is 59.5 Å². The van der Waals surface area contributed by atoms with E-state index >= 15 is 0 Å². The number of nitrogens with one attached hydrogen (secondary N) is 1. The Morgan fingerprint density at radius 1 is 1.15 bits per heavy atom. The summed E-state index contributed by atoms with van der Waals surface area (Å²) in [6.07, 6.45) is 7.44. The van der Waals surface area contributed by atoms with Gasteiger partial charge in [-0.3, -0.25) is 4.90 Å². The molecule has 0 saturated carbocycles. The number of rotatable bonds is 8. The Kier molecular flexibility index (Phi) is 6.87. The maximum absolute atomic E-state index is 5.94. The van der Waals surface area contributed by atoms with Gasteiger partial charge in [-0.2, -0.15) is 0 Å². The van der Waals surface area contributed by atoms with E-state index in [-0.39, 0.29) is 0 Å². The minimum atomic E-state index is 0.480. The molecule has 146 valence electrons. The number of piperidine rings is 1. The van der Waals surface area contributed by atoms with Crippen molar-refractivity contribution in [1.82, 2.24) is 14.9 Å². The smallest absolute Gasteiger partial charge is 0.161 e. The van der Waals surface area contributed by atoms with Crippen LogP contribution in [-0.4, -0.2) is 47.7 Å². The Morgan fingerprint density at radius 3 is 2.56 bits per heavy atom. The summed E-state index contributed by atoms with van der Waals surface area (Å²) >= 11 is 0. The summed E-state index contributed by atoms with van der Waals surface area (Å²) in [5, 5.41) is 3.53. The lowest BCUT2D eigenvalue weighted by molar-refractivity contribution is 0.210. The van der Waals surface area contributed by atoms with Crippen molar-refractivity contribution >= 4 is 5.69 Å². The van der Waals surface area contributed by atoms with E-state index < -0.39 is 0 Å². The van der Waals surface area contributed by atoms with Gasteiger partial charge in [0, 0.05) is 25.7 Å². The van der Waals surface area contributed by atoms with Crippen LogP contribution in [0.5, 0.6) is 11.5 Å². The van der Waals surface area contributed by atoms with Crippen molar-refractivity contribution in [3.8, 4) is 11.5 Å². The van der Waals surface area contributed by atoms with Gasteiger partial charge in [-0.1, -0.05) is 19.9 Å². The summed E-state index contributed by atoms with van der Waals surface area (Å²) in [5.41, 5.74) is 2.26. The van der Waals surface area contributed by atoms with Gasteiger partial charge in [-0.05, 0) is 36.5 Å². The minimum Gasteiger partial charge on any atom is -0.493 e. The fourth-order valence-corrected chi connectivity index (χ4v) is 3.29. The van der Waals surface area contributed by atoms with E-state index in [2.05, 4.69) is 46.2 Å². The lowest BCUT2D eigenvalue weighted by Gasteiger charge is -2.32. The van der Waals surface area contributed by atoms with Gasteiger partial charge in [0.05, 0.1) is 31.8 Å². The molecule has 0 atom stereocenters. The average Bonchev–Trinajstić information content (AvgIpc) is 2.69. The third kappa shape index (κ3) is 5.82. The lowest BCUT2D eigenvalue weighted by atomic mass is 10.0. The van der Waals surface area contributed by atoms with Crippen molar-refractivity contribution in [2.75, 3.05) is 32.1 Å². The highest BCUT2D eigenvalue weighted by Crippen LogP contribution is 2.29. The van der Waals surface area contributed by atoms with Crippen LogP contribution in [0, 0.1) is 5.92 Å². The van der Waals surface area contributed by atoms with Gasteiger partial charge in [-0.15, -0.1) is 0 Å². The molecule has 2 heterocycles. The molecule has 1 saturated heterocycles.